The summed E-state index contributed by atoms with van der Waals surface area (Å²) >= 11 is 0. The Balaban J connectivity index is 1.36. The summed E-state index contributed by atoms with van der Waals surface area (Å²) in [6.45, 7) is 2.99. The Labute approximate surface area is 208 Å². The lowest BCUT2D eigenvalue weighted by Gasteiger charge is -2.32. The van der Waals surface area contributed by atoms with Crippen LogP contribution in [0.15, 0.2) is 6.33 Å². The summed E-state index contributed by atoms with van der Waals surface area (Å²) < 4.78 is 28.8. The van der Waals surface area contributed by atoms with Gasteiger partial charge in [-0.1, -0.05) is 19.8 Å². The topological polar surface area (TPSA) is 131 Å². The first-order chi connectivity index (χ1) is 16.9. The zero-order valence-corrected chi connectivity index (χ0v) is 21.6. The number of nitrogens with one attached hydrogen (secondary N) is 2. The number of rotatable bonds is 8. The molecule has 3 heterocycles. The van der Waals surface area contributed by atoms with E-state index >= 15 is 0 Å². The molecule has 5 rings (SSSR count). The van der Waals surface area contributed by atoms with Crippen LogP contribution in [0.2, 0.25) is 0 Å². The molecule has 194 valence electrons. The van der Waals surface area contributed by atoms with Crippen molar-refractivity contribution in [1.82, 2.24) is 23.8 Å². The zero-order valence-electron chi connectivity index (χ0n) is 20.8. The van der Waals surface area contributed by atoms with E-state index in [4.69, 9.17) is 20.7 Å². The number of nitrogens with zero attached hydrogens (tertiary/aromatic N) is 5. The molecule has 35 heavy (non-hydrogen) atoms. The third kappa shape index (κ3) is 5.56. The van der Waals surface area contributed by atoms with Crippen molar-refractivity contribution < 1.29 is 8.42 Å². The molecule has 0 unspecified atom stereocenters. The predicted octanol–water partition coefficient (Wildman–Crippen LogP) is 3.24. The molecule has 3 aliphatic rings. The van der Waals surface area contributed by atoms with Crippen LogP contribution >= 0.6 is 0 Å². The number of hydrogen-bond donors (Lipinski definition) is 3. The van der Waals surface area contributed by atoms with Crippen molar-refractivity contribution in [2.75, 3.05) is 29.5 Å². The van der Waals surface area contributed by atoms with Crippen LogP contribution in [0.4, 0.5) is 11.8 Å². The van der Waals surface area contributed by atoms with E-state index in [1.807, 2.05) is 13.3 Å². The lowest BCUT2D eigenvalue weighted by Crippen LogP contribution is -2.43. The summed E-state index contributed by atoms with van der Waals surface area (Å²) in [4.78, 5) is 14.5. The van der Waals surface area contributed by atoms with Crippen molar-refractivity contribution in [3.63, 3.8) is 0 Å². The highest BCUT2D eigenvalue weighted by Gasteiger charge is 2.29. The van der Waals surface area contributed by atoms with E-state index in [1.165, 1.54) is 12.8 Å². The van der Waals surface area contributed by atoms with Crippen molar-refractivity contribution in [2.24, 2.45) is 5.73 Å². The van der Waals surface area contributed by atoms with Gasteiger partial charge in [-0.15, -0.1) is 0 Å². The second-order valence-electron chi connectivity index (χ2n) is 10.5. The van der Waals surface area contributed by atoms with E-state index in [-0.39, 0.29) is 11.8 Å². The smallest absolute Gasteiger partial charge is 0.227 e. The van der Waals surface area contributed by atoms with Crippen LogP contribution in [0.25, 0.3) is 11.2 Å². The van der Waals surface area contributed by atoms with Gasteiger partial charge >= 0.3 is 0 Å². The maximum atomic E-state index is 12.5. The van der Waals surface area contributed by atoms with Gasteiger partial charge in [0.2, 0.25) is 16.0 Å². The summed E-state index contributed by atoms with van der Waals surface area (Å²) in [5, 5.41) is 7.18. The minimum absolute atomic E-state index is 0.151. The molecule has 1 aliphatic heterocycles. The molecular weight excluding hydrogens is 464 g/mol. The van der Waals surface area contributed by atoms with Crippen molar-refractivity contribution in [1.29, 1.82) is 0 Å². The van der Waals surface area contributed by atoms with Gasteiger partial charge in [0.05, 0.1) is 12.1 Å². The van der Waals surface area contributed by atoms with E-state index in [0.29, 0.717) is 43.6 Å². The van der Waals surface area contributed by atoms with Gasteiger partial charge in [0.1, 0.15) is 0 Å². The number of sulfonamides is 1. The van der Waals surface area contributed by atoms with Gasteiger partial charge in [-0.3, -0.25) is 0 Å². The van der Waals surface area contributed by atoms with E-state index in [0.717, 1.165) is 68.3 Å². The molecule has 2 aromatic rings. The minimum atomic E-state index is -3.15. The fraction of sp³-hybridized carbons (Fsp3) is 0.792. The summed E-state index contributed by atoms with van der Waals surface area (Å²) in [7, 11) is -3.15. The van der Waals surface area contributed by atoms with Crippen molar-refractivity contribution in [2.45, 2.75) is 102 Å². The molecule has 0 radical (unpaired) electrons. The van der Waals surface area contributed by atoms with Gasteiger partial charge < -0.3 is 20.9 Å². The van der Waals surface area contributed by atoms with E-state index in [1.54, 1.807) is 4.31 Å². The summed E-state index contributed by atoms with van der Waals surface area (Å²) in [5.74, 6) is 1.61. The van der Waals surface area contributed by atoms with E-state index < -0.39 is 10.0 Å². The van der Waals surface area contributed by atoms with E-state index in [9.17, 15) is 8.42 Å². The maximum Gasteiger partial charge on any atom is 0.227 e. The number of aromatic nitrogens is 4. The number of nitrogens with two attached hydrogens (primary N) is 1. The van der Waals surface area contributed by atoms with Crippen molar-refractivity contribution in [3.05, 3.63) is 6.33 Å². The summed E-state index contributed by atoms with van der Waals surface area (Å²) in [6, 6.07) is 1.22. The van der Waals surface area contributed by atoms with Crippen molar-refractivity contribution in [3.8, 4) is 0 Å². The summed E-state index contributed by atoms with van der Waals surface area (Å²) in [5.41, 5.74) is 7.78. The molecule has 10 nitrogen and oxygen atoms in total. The third-order valence-corrected chi connectivity index (χ3v) is 9.97. The second-order valence-corrected chi connectivity index (χ2v) is 12.6. The second kappa shape index (κ2) is 10.6. The van der Waals surface area contributed by atoms with Gasteiger partial charge in [-0.05, 0) is 57.8 Å². The number of piperidine rings is 1. The molecule has 4 N–H and O–H groups in total. The Morgan fingerprint density at radius 2 is 1.66 bits per heavy atom. The van der Waals surface area contributed by atoms with Gasteiger partial charge in [-0.2, -0.15) is 9.97 Å². The summed E-state index contributed by atoms with van der Waals surface area (Å²) in [6.07, 6.45) is 13.0. The first-order valence-electron chi connectivity index (χ1n) is 13.4. The van der Waals surface area contributed by atoms with Crippen LogP contribution in [0.1, 0.15) is 83.6 Å². The monoisotopic (exact) mass is 504 g/mol. The van der Waals surface area contributed by atoms with Gasteiger partial charge in [0.15, 0.2) is 17.0 Å². The lowest BCUT2D eigenvalue weighted by atomic mass is 9.92. The third-order valence-electron chi connectivity index (χ3n) is 7.89. The zero-order chi connectivity index (χ0) is 24.4. The maximum absolute atomic E-state index is 12.5. The lowest BCUT2D eigenvalue weighted by molar-refractivity contribution is 0.329. The molecule has 0 spiro atoms. The molecule has 2 saturated carbocycles. The predicted molar refractivity (Wildman–Crippen MR) is 139 cm³/mol. The highest BCUT2D eigenvalue weighted by molar-refractivity contribution is 7.89. The van der Waals surface area contributed by atoms with Crippen LogP contribution in [-0.4, -0.2) is 69.2 Å². The van der Waals surface area contributed by atoms with Gasteiger partial charge in [-0.25, -0.2) is 17.7 Å². The Morgan fingerprint density at radius 3 is 2.34 bits per heavy atom. The molecule has 2 aliphatic carbocycles. The molecule has 2 aromatic heterocycles. The largest absolute Gasteiger partial charge is 0.365 e. The van der Waals surface area contributed by atoms with Crippen LogP contribution in [-0.2, 0) is 10.0 Å². The Kier molecular flexibility index (Phi) is 7.45. The average Bonchev–Trinajstić information content (AvgIpc) is 3.51. The molecule has 0 bridgehead atoms. The molecule has 3 fully saturated rings. The van der Waals surface area contributed by atoms with Crippen LogP contribution in [0.5, 0.6) is 0 Å². The fourth-order valence-corrected chi connectivity index (χ4v) is 7.38. The molecule has 0 atom stereocenters. The number of hydrogen-bond acceptors (Lipinski definition) is 8. The fourth-order valence-electron chi connectivity index (χ4n) is 5.84. The molecule has 1 saturated heterocycles. The first-order valence-corrected chi connectivity index (χ1v) is 15.0. The SMILES string of the molecule is CCCS(=O)(=O)N1CCC(Nc2nc(N[C@H]3CC[C@H](N)CC3)nc3c2ncn3C2CCCC2)CC1. The molecule has 11 heteroatoms. The number of anilines is 2. The highest BCUT2D eigenvalue weighted by Crippen LogP contribution is 2.34. The molecule has 0 amide bonds. The van der Waals surface area contributed by atoms with Crippen LogP contribution in [0.3, 0.4) is 0 Å². The minimum Gasteiger partial charge on any atom is -0.365 e. The average molecular weight is 505 g/mol. The molecule has 0 aromatic carbocycles. The van der Waals surface area contributed by atoms with E-state index in [2.05, 4.69) is 15.2 Å². The van der Waals surface area contributed by atoms with Gasteiger partial charge in [0.25, 0.3) is 0 Å². The van der Waals surface area contributed by atoms with Crippen molar-refractivity contribution >= 4 is 33.0 Å². The Morgan fingerprint density at radius 1 is 0.971 bits per heavy atom. The Bertz CT molecular complexity index is 1100. The number of fused-ring (bicyclic) bond motifs is 1. The first kappa shape index (κ1) is 24.7. The number of imidazole rings is 1. The van der Waals surface area contributed by atoms with Crippen LogP contribution in [0, 0.1) is 0 Å². The quantitative estimate of drug-likeness (QED) is 0.499. The van der Waals surface area contributed by atoms with Gasteiger partial charge in [0, 0.05) is 37.3 Å². The highest BCUT2D eigenvalue weighted by atomic mass is 32.2. The molecular formula is C24H40N8O2S. The Hall–Kier alpha value is -1.98. The normalized spacial score (nSPS) is 25.3. The van der Waals surface area contributed by atoms with Crippen LogP contribution < -0.4 is 16.4 Å². The standard InChI is InChI=1S/C24H40N8O2S/c1-2-15-35(33,34)31-13-11-19(12-14-31)27-22-21-23(32(16-26-21)20-5-3-4-6-20)30-24(29-22)28-18-9-7-17(25)8-10-18/h16-20H,2-15,25H2,1H3,(H2,27,28,29,30)/t17-,18-.